The van der Waals surface area contributed by atoms with Gasteiger partial charge in [-0.3, -0.25) is 0 Å². The van der Waals surface area contributed by atoms with E-state index in [4.69, 9.17) is 0 Å². The first-order valence-corrected chi connectivity index (χ1v) is 5.36. The molecule has 0 amide bonds. The maximum absolute atomic E-state index is 11.2. The molecule has 0 aromatic rings. The average Bonchev–Trinajstić information content (AvgIpc) is 2.65. The predicted molar refractivity (Wildman–Crippen MR) is 47.0 cm³/mol. The number of rotatable bonds is 5. The summed E-state index contributed by atoms with van der Waals surface area (Å²) in [6, 6.07) is 0. The molecule has 6 heteroatoms. The van der Waals surface area contributed by atoms with Crippen LogP contribution in [0.2, 0.25) is 0 Å². The molecule has 1 fully saturated rings. The summed E-state index contributed by atoms with van der Waals surface area (Å²) in [7, 11) is 0.691. The molecule has 0 bridgehead atoms. The van der Waals surface area contributed by atoms with E-state index in [0.29, 0.717) is 19.6 Å². The van der Waals surface area contributed by atoms with Crippen molar-refractivity contribution in [2.24, 2.45) is 0 Å². The van der Waals surface area contributed by atoms with Gasteiger partial charge in [0, 0.05) is 26.2 Å². The minimum Gasteiger partial charge on any atom is -0.308 e. The Kier molecular flexibility index (Phi) is 3.05. The highest BCUT2D eigenvalue weighted by Gasteiger charge is 2.30. The Hall–Kier alpha value is -0.170. The van der Waals surface area contributed by atoms with E-state index in [1.54, 1.807) is 0 Å². The van der Waals surface area contributed by atoms with Gasteiger partial charge in [-0.05, 0) is 14.1 Å². The van der Waals surface area contributed by atoms with Gasteiger partial charge in [-0.25, -0.2) is 4.72 Å². The predicted octanol–water partition coefficient (Wildman–Crippen LogP) is -1.30. The van der Waals surface area contributed by atoms with E-state index in [1.165, 1.54) is 4.31 Å². The second-order valence-electron chi connectivity index (χ2n) is 3.10. The Bertz CT molecular complexity index is 233. The fraction of sp³-hybridized carbons (Fsp3) is 1.00. The first kappa shape index (κ1) is 9.91. The minimum atomic E-state index is -3.13. The number of hydrogen-bond acceptors (Lipinski definition) is 3. The van der Waals surface area contributed by atoms with Gasteiger partial charge >= 0.3 is 0 Å². The molecule has 5 nitrogen and oxygen atoms in total. The molecule has 0 spiro atoms. The molecule has 1 rings (SSSR count). The Morgan fingerprint density at radius 2 is 2.00 bits per heavy atom. The lowest BCUT2D eigenvalue weighted by Crippen LogP contribution is -2.35. The van der Waals surface area contributed by atoms with Gasteiger partial charge in [0.15, 0.2) is 0 Å². The highest BCUT2D eigenvalue weighted by atomic mass is 32.2. The molecule has 0 atom stereocenters. The summed E-state index contributed by atoms with van der Waals surface area (Å²) in [5.41, 5.74) is 0. The molecule has 1 aliphatic rings. The average molecular weight is 193 g/mol. The fourth-order valence-corrected chi connectivity index (χ4v) is 1.86. The Balaban J connectivity index is 2.21. The third-order valence-corrected chi connectivity index (χ3v) is 3.20. The van der Waals surface area contributed by atoms with Crippen LogP contribution in [0.1, 0.15) is 0 Å². The lowest BCUT2D eigenvalue weighted by molar-refractivity contribution is 0.411. The summed E-state index contributed by atoms with van der Waals surface area (Å²) in [6.07, 6.45) is 0. The zero-order chi connectivity index (χ0) is 9.19. The van der Waals surface area contributed by atoms with Crippen molar-refractivity contribution in [1.82, 2.24) is 13.9 Å². The van der Waals surface area contributed by atoms with Crippen LogP contribution < -0.4 is 4.72 Å². The molecule has 72 valence electrons. The highest BCUT2D eigenvalue weighted by molar-refractivity contribution is 7.87. The molecular formula is C6H15N3O2S. The van der Waals surface area contributed by atoms with Gasteiger partial charge in [-0.15, -0.1) is 0 Å². The maximum Gasteiger partial charge on any atom is 0.279 e. The van der Waals surface area contributed by atoms with Crippen LogP contribution in [0.5, 0.6) is 0 Å². The van der Waals surface area contributed by atoms with Crippen LogP contribution >= 0.6 is 0 Å². The SMILES string of the molecule is CN(C)CCNS(=O)(=O)N1CC1. The summed E-state index contributed by atoms with van der Waals surface area (Å²) in [6.45, 7) is 2.54. The zero-order valence-corrected chi connectivity index (χ0v) is 8.26. The Morgan fingerprint density at radius 3 is 2.42 bits per heavy atom. The molecule has 1 heterocycles. The van der Waals surface area contributed by atoms with E-state index >= 15 is 0 Å². The summed E-state index contributed by atoms with van der Waals surface area (Å²) >= 11 is 0. The van der Waals surface area contributed by atoms with Crippen molar-refractivity contribution in [2.45, 2.75) is 0 Å². The number of nitrogens with zero attached hydrogens (tertiary/aromatic N) is 2. The molecule has 0 aliphatic carbocycles. The van der Waals surface area contributed by atoms with Gasteiger partial charge in [0.25, 0.3) is 10.2 Å². The van der Waals surface area contributed by atoms with Crippen molar-refractivity contribution in [3.05, 3.63) is 0 Å². The topological polar surface area (TPSA) is 52.4 Å². The van der Waals surface area contributed by atoms with Crippen molar-refractivity contribution in [2.75, 3.05) is 40.3 Å². The van der Waals surface area contributed by atoms with Crippen LogP contribution in [0.4, 0.5) is 0 Å². The van der Waals surface area contributed by atoms with Crippen LogP contribution in [0.15, 0.2) is 0 Å². The minimum absolute atomic E-state index is 0.478. The number of nitrogens with one attached hydrogen (secondary N) is 1. The van der Waals surface area contributed by atoms with Gasteiger partial charge in [-0.2, -0.15) is 12.7 Å². The van der Waals surface area contributed by atoms with Gasteiger partial charge in [-0.1, -0.05) is 0 Å². The standard InChI is InChI=1S/C6H15N3O2S/c1-8(2)4-3-7-12(10,11)9-5-6-9/h7H,3-6H2,1-2H3. The Morgan fingerprint density at radius 1 is 1.42 bits per heavy atom. The molecule has 0 aromatic carbocycles. The lowest BCUT2D eigenvalue weighted by atomic mass is 10.6. The smallest absolute Gasteiger partial charge is 0.279 e. The van der Waals surface area contributed by atoms with Crippen LogP contribution in [0.3, 0.4) is 0 Å². The quantitative estimate of drug-likeness (QED) is 0.552. The van der Waals surface area contributed by atoms with Gasteiger partial charge in [0.2, 0.25) is 0 Å². The van der Waals surface area contributed by atoms with Gasteiger partial charge < -0.3 is 4.90 Å². The van der Waals surface area contributed by atoms with Crippen LogP contribution in [-0.4, -0.2) is 57.9 Å². The van der Waals surface area contributed by atoms with Crippen molar-refractivity contribution < 1.29 is 8.42 Å². The maximum atomic E-state index is 11.2. The molecule has 1 N–H and O–H groups in total. The van der Waals surface area contributed by atoms with Crippen molar-refractivity contribution >= 4 is 10.2 Å². The van der Waals surface area contributed by atoms with Crippen molar-refractivity contribution in [3.63, 3.8) is 0 Å². The number of likely N-dealkylation sites (N-methyl/N-ethyl adjacent to an activating group) is 1. The molecule has 0 unspecified atom stereocenters. The fourth-order valence-electron chi connectivity index (χ4n) is 0.771. The first-order valence-electron chi connectivity index (χ1n) is 3.92. The van der Waals surface area contributed by atoms with Crippen LogP contribution in [0, 0.1) is 0 Å². The summed E-state index contributed by atoms with van der Waals surface area (Å²) in [5, 5.41) is 0. The Labute approximate surface area is 73.5 Å². The summed E-state index contributed by atoms with van der Waals surface area (Å²) in [5.74, 6) is 0. The van der Waals surface area contributed by atoms with E-state index in [-0.39, 0.29) is 0 Å². The van der Waals surface area contributed by atoms with Gasteiger partial charge in [0.1, 0.15) is 0 Å². The van der Waals surface area contributed by atoms with E-state index in [9.17, 15) is 8.42 Å². The molecule has 0 saturated carbocycles. The molecular weight excluding hydrogens is 178 g/mol. The third kappa shape index (κ3) is 3.06. The molecule has 0 radical (unpaired) electrons. The molecule has 12 heavy (non-hydrogen) atoms. The zero-order valence-electron chi connectivity index (χ0n) is 7.45. The molecule has 0 aromatic heterocycles. The summed E-state index contributed by atoms with van der Waals surface area (Å²) in [4.78, 5) is 1.94. The second-order valence-corrected chi connectivity index (χ2v) is 4.86. The van der Waals surface area contributed by atoms with Crippen molar-refractivity contribution in [1.29, 1.82) is 0 Å². The molecule has 1 aliphatic heterocycles. The van der Waals surface area contributed by atoms with Gasteiger partial charge in [0.05, 0.1) is 0 Å². The normalized spacial score (nSPS) is 18.6. The monoisotopic (exact) mass is 193 g/mol. The molecule has 1 saturated heterocycles. The second kappa shape index (κ2) is 3.69. The van der Waals surface area contributed by atoms with Crippen LogP contribution in [-0.2, 0) is 10.2 Å². The van der Waals surface area contributed by atoms with E-state index in [2.05, 4.69) is 4.72 Å². The lowest BCUT2D eigenvalue weighted by Gasteiger charge is -2.10. The highest BCUT2D eigenvalue weighted by Crippen LogP contribution is 2.08. The van der Waals surface area contributed by atoms with E-state index in [1.807, 2.05) is 19.0 Å². The summed E-state index contributed by atoms with van der Waals surface area (Å²) < 4.78 is 26.3. The third-order valence-electron chi connectivity index (χ3n) is 1.59. The van der Waals surface area contributed by atoms with E-state index in [0.717, 1.165) is 6.54 Å². The largest absolute Gasteiger partial charge is 0.308 e. The number of hydrogen-bond donors (Lipinski definition) is 1. The van der Waals surface area contributed by atoms with E-state index < -0.39 is 10.2 Å². The van der Waals surface area contributed by atoms with Crippen LogP contribution in [0.25, 0.3) is 0 Å². The first-order chi connectivity index (χ1) is 5.52. The van der Waals surface area contributed by atoms with Crippen molar-refractivity contribution in [3.8, 4) is 0 Å².